The molecule has 0 rings (SSSR count). The molecule has 55 valence electrons. The SMILES string of the molecule is CCCCCNC(C)[O]. The first-order valence-corrected chi connectivity index (χ1v) is 3.66. The molecule has 0 saturated carbocycles. The highest BCUT2D eigenvalue weighted by Crippen LogP contribution is 1.91. The summed E-state index contributed by atoms with van der Waals surface area (Å²) < 4.78 is 0. The van der Waals surface area contributed by atoms with Gasteiger partial charge in [-0.15, -0.1) is 0 Å². The Hall–Kier alpha value is -0.0800. The Balaban J connectivity index is 2.75. The van der Waals surface area contributed by atoms with E-state index in [0.29, 0.717) is 0 Å². The lowest BCUT2D eigenvalue weighted by Crippen LogP contribution is -2.24. The van der Waals surface area contributed by atoms with Crippen molar-refractivity contribution >= 4 is 0 Å². The Labute approximate surface area is 57.3 Å². The third-order valence-electron chi connectivity index (χ3n) is 1.21. The Morgan fingerprint density at radius 2 is 2.11 bits per heavy atom. The lowest BCUT2D eigenvalue weighted by molar-refractivity contribution is 0.0751. The van der Waals surface area contributed by atoms with E-state index in [2.05, 4.69) is 12.2 Å². The summed E-state index contributed by atoms with van der Waals surface area (Å²) in [5, 5.41) is 13.2. The molecule has 0 heterocycles. The molecule has 0 aromatic heterocycles. The van der Waals surface area contributed by atoms with Gasteiger partial charge < -0.3 is 0 Å². The van der Waals surface area contributed by atoms with Gasteiger partial charge in [-0.05, 0) is 19.9 Å². The average Bonchev–Trinajstić information content (AvgIpc) is 1.80. The van der Waals surface area contributed by atoms with Crippen LogP contribution >= 0.6 is 0 Å². The van der Waals surface area contributed by atoms with Gasteiger partial charge in [0.2, 0.25) is 0 Å². The summed E-state index contributed by atoms with van der Waals surface area (Å²) in [4.78, 5) is 0. The molecule has 0 bridgehead atoms. The summed E-state index contributed by atoms with van der Waals surface area (Å²) in [7, 11) is 0. The molecule has 1 N–H and O–H groups in total. The first-order chi connectivity index (χ1) is 4.27. The second-order valence-corrected chi connectivity index (χ2v) is 2.30. The van der Waals surface area contributed by atoms with Gasteiger partial charge in [0.05, 0.1) is 0 Å². The summed E-state index contributed by atoms with van der Waals surface area (Å²) in [5.74, 6) is 0. The second-order valence-electron chi connectivity index (χ2n) is 2.30. The van der Waals surface area contributed by atoms with E-state index in [4.69, 9.17) is 0 Å². The van der Waals surface area contributed by atoms with Crippen molar-refractivity contribution in [2.45, 2.75) is 39.3 Å². The van der Waals surface area contributed by atoms with E-state index in [-0.39, 0.29) is 0 Å². The first-order valence-electron chi connectivity index (χ1n) is 3.66. The van der Waals surface area contributed by atoms with E-state index >= 15 is 0 Å². The van der Waals surface area contributed by atoms with Crippen LogP contribution in [-0.2, 0) is 5.11 Å². The van der Waals surface area contributed by atoms with Crippen LogP contribution in [0.3, 0.4) is 0 Å². The van der Waals surface area contributed by atoms with Gasteiger partial charge in [0.1, 0.15) is 6.23 Å². The number of rotatable bonds is 5. The highest BCUT2D eigenvalue weighted by atomic mass is 16.3. The fraction of sp³-hybridized carbons (Fsp3) is 1.00. The third kappa shape index (κ3) is 7.92. The van der Waals surface area contributed by atoms with E-state index in [1.165, 1.54) is 12.8 Å². The standard InChI is InChI=1S/C7H16NO/c1-3-4-5-6-8-7(2)9/h7-8H,3-6H2,1-2H3. The van der Waals surface area contributed by atoms with Crippen LogP contribution in [0, 0.1) is 0 Å². The van der Waals surface area contributed by atoms with Crippen molar-refractivity contribution in [3.63, 3.8) is 0 Å². The molecule has 0 aromatic carbocycles. The van der Waals surface area contributed by atoms with Crippen molar-refractivity contribution in [3.05, 3.63) is 0 Å². The average molecular weight is 130 g/mol. The van der Waals surface area contributed by atoms with Crippen molar-refractivity contribution in [2.75, 3.05) is 6.54 Å². The van der Waals surface area contributed by atoms with Gasteiger partial charge in [-0.3, -0.25) is 5.32 Å². The van der Waals surface area contributed by atoms with Gasteiger partial charge in [0, 0.05) is 0 Å². The Bertz CT molecular complexity index is 54.9. The summed E-state index contributed by atoms with van der Waals surface area (Å²) in [6, 6.07) is 0. The van der Waals surface area contributed by atoms with Crippen LogP contribution in [0.5, 0.6) is 0 Å². The van der Waals surface area contributed by atoms with E-state index in [1.807, 2.05) is 0 Å². The fourth-order valence-electron chi connectivity index (χ4n) is 0.680. The molecule has 2 heteroatoms. The molecule has 1 radical (unpaired) electrons. The summed E-state index contributed by atoms with van der Waals surface area (Å²) >= 11 is 0. The highest BCUT2D eigenvalue weighted by molar-refractivity contribution is 4.45. The lowest BCUT2D eigenvalue weighted by Gasteiger charge is -2.02. The van der Waals surface area contributed by atoms with Crippen molar-refractivity contribution in [1.29, 1.82) is 0 Å². The number of nitrogens with one attached hydrogen (secondary N) is 1. The minimum Gasteiger partial charge on any atom is -0.290 e. The van der Waals surface area contributed by atoms with Crippen LogP contribution in [0.4, 0.5) is 0 Å². The van der Waals surface area contributed by atoms with Gasteiger partial charge in [0.25, 0.3) is 0 Å². The molecule has 0 amide bonds. The second kappa shape index (κ2) is 6.05. The van der Waals surface area contributed by atoms with E-state index in [0.717, 1.165) is 13.0 Å². The molecule has 0 aliphatic carbocycles. The zero-order valence-corrected chi connectivity index (χ0v) is 6.31. The van der Waals surface area contributed by atoms with Gasteiger partial charge >= 0.3 is 0 Å². The van der Waals surface area contributed by atoms with Crippen LogP contribution in [0.1, 0.15) is 33.1 Å². The molecule has 0 aliphatic heterocycles. The first kappa shape index (κ1) is 8.92. The maximum absolute atomic E-state index is 10.4. The van der Waals surface area contributed by atoms with E-state index in [1.54, 1.807) is 6.92 Å². The van der Waals surface area contributed by atoms with Gasteiger partial charge in [-0.1, -0.05) is 19.8 Å². The van der Waals surface area contributed by atoms with Gasteiger partial charge in [-0.25, -0.2) is 5.11 Å². The number of hydrogen-bond acceptors (Lipinski definition) is 1. The molecule has 1 atom stereocenters. The van der Waals surface area contributed by atoms with Gasteiger partial charge in [0.15, 0.2) is 0 Å². The van der Waals surface area contributed by atoms with Crippen molar-refractivity contribution < 1.29 is 5.11 Å². The minimum atomic E-state index is -0.596. The van der Waals surface area contributed by atoms with Gasteiger partial charge in [-0.2, -0.15) is 0 Å². The van der Waals surface area contributed by atoms with Crippen LogP contribution in [0.25, 0.3) is 0 Å². The summed E-state index contributed by atoms with van der Waals surface area (Å²) in [5.41, 5.74) is 0. The highest BCUT2D eigenvalue weighted by Gasteiger charge is 1.92. The van der Waals surface area contributed by atoms with Crippen molar-refractivity contribution in [1.82, 2.24) is 5.32 Å². The lowest BCUT2D eigenvalue weighted by atomic mass is 10.2. The molecule has 0 aliphatic rings. The maximum atomic E-state index is 10.4. The predicted molar refractivity (Wildman–Crippen MR) is 37.7 cm³/mol. The van der Waals surface area contributed by atoms with Crippen LogP contribution in [-0.4, -0.2) is 12.8 Å². The Morgan fingerprint density at radius 1 is 1.44 bits per heavy atom. The monoisotopic (exact) mass is 130 g/mol. The molecule has 9 heavy (non-hydrogen) atoms. The summed E-state index contributed by atoms with van der Waals surface area (Å²) in [6.45, 7) is 4.66. The molecule has 0 spiro atoms. The van der Waals surface area contributed by atoms with Crippen LogP contribution in [0.15, 0.2) is 0 Å². The Kier molecular flexibility index (Phi) is 5.99. The third-order valence-corrected chi connectivity index (χ3v) is 1.21. The topological polar surface area (TPSA) is 31.9 Å². The van der Waals surface area contributed by atoms with Crippen molar-refractivity contribution in [2.24, 2.45) is 0 Å². The smallest absolute Gasteiger partial charge is 0.140 e. The van der Waals surface area contributed by atoms with E-state index < -0.39 is 6.23 Å². The molecular formula is C7H16NO. The molecular weight excluding hydrogens is 114 g/mol. The normalized spacial score (nSPS) is 13.7. The molecule has 2 nitrogen and oxygen atoms in total. The minimum absolute atomic E-state index is 0.596. The Morgan fingerprint density at radius 3 is 2.56 bits per heavy atom. The molecule has 0 saturated heterocycles. The van der Waals surface area contributed by atoms with Crippen LogP contribution < -0.4 is 5.32 Å². The van der Waals surface area contributed by atoms with E-state index in [9.17, 15) is 5.11 Å². The predicted octanol–water partition coefficient (Wildman–Crippen LogP) is 1.54. The number of unbranched alkanes of at least 4 members (excludes halogenated alkanes) is 2. The quantitative estimate of drug-likeness (QED) is 0.444. The molecule has 0 fully saturated rings. The van der Waals surface area contributed by atoms with Crippen molar-refractivity contribution in [3.8, 4) is 0 Å². The summed E-state index contributed by atoms with van der Waals surface area (Å²) in [6.07, 6.45) is 2.97. The molecule has 0 aromatic rings. The largest absolute Gasteiger partial charge is 0.290 e. The maximum Gasteiger partial charge on any atom is 0.140 e. The number of hydrogen-bond donors (Lipinski definition) is 1. The fourth-order valence-corrected chi connectivity index (χ4v) is 0.680. The zero-order chi connectivity index (χ0) is 7.11. The zero-order valence-electron chi connectivity index (χ0n) is 6.31. The van der Waals surface area contributed by atoms with Crippen LogP contribution in [0.2, 0.25) is 0 Å². The molecule has 1 unspecified atom stereocenters.